The van der Waals surface area contributed by atoms with E-state index in [1.165, 1.54) is 0 Å². The Labute approximate surface area is 174 Å². The highest BCUT2D eigenvalue weighted by molar-refractivity contribution is 7.85. The summed E-state index contributed by atoms with van der Waals surface area (Å²) in [5.41, 5.74) is 0. The van der Waals surface area contributed by atoms with Crippen molar-refractivity contribution in [2.45, 2.75) is 0 Å². The zero-order valence-electron chi connectivity index (χ0n) is 16.1. The molecule has 5 aromatic rings. The van der Waals surface area contributed by atoms with Crippen molar-refractivity contribution < 1.29 is 14.8 Å². The van der Waals surface area contributed by atoms with Gasteiger partial charge in [0, 0.05) is 16.1 Å². The highest BCUT2D eigenvalue weighted by Crippen LogP contribution is 2.49. The zero-order chi connectivity index (χ0) is 20.7. The summed E-state index contributed by atoms with van der Waals surface area (Å²) in [4.78, 5) is 0. The Kier molecular flexibility index (Phi) is 4.34. The molecule has 0 aliphatic rings. The lowest BCUT2D eigenvalue weighted by atomic mass is 10.1. The average Bonchev–Trinajstić information content (AvgIpc) is 2.80. The minimum absolute atomic E-state index is 0.0205. The van der Waals surface area contributed by atoms with Crippen molar-refractivity contribution in [3.63, 3.8) is 0 Å². The van der Waals surface area contributed by atoms with Crippen molar-refractivity contribution in [3.8, 4) is 11.5 Å². The van der Waals surface area contributed by atoms with E-state index in [9.17, 15) is 14.8 Å². The van der Waals surface area contributed by atoms with Gasteiger partial charge in [0.15, 0.2) is 7.14 Å². The molecule has 30 heavy (non-hydrogen) atoms. The molecule has 0 saturated heterocycles. The number of fused-ring (bicyclic) bond motifs is 2. The molecular weight excluding hydrogens is 391 g/mol. The van der Waals surface area contributed by atoms with Gasteiger partial charge in [-0.05, 0) is 22.9 Å². The van der Waals surface area contributed by atoms with Crippen LogP contribution in [0.4, 0.5) is 0 Å². The van der Waals surface area contributed by atoms with E-state index in [-0.39, 0.29) is 11.5 Å². The molecule has 0 aliphatic heterocycles. The first kappa shape index (κ1) is 18.5. The second kappa shape index (κ2) is 7.05. The highest BCUT2D eigenvalue weighted by atomic mass is 31.2. The molecule has 0 heterocycles. The first-order chi connectivity index (χ1) is 14.6. The molecule has 5 aromatic carbocycles. The van der Waals surface area contributed by atoms with E-state index in [0.717, 1.165) is 10.8 Å². The number of hydrogen-bond donors (Lipinski definition) is 2. The normalized spacial score (nSPS) is 11.7. The molecule has 0 aromatic heterocycles. The molecule has 0 unspecified atom stereocenters. The topological polar surface area (TPSA) is 57.5 Å². The Bertz CT molecular complexity index is 1350. The van der Waals surface area contributed by atoms with Gasteiger partial charge in [-0.3, -0.25) is 0 Å². The van der Waals surface area contributed by atoms with Crippen molar-refractivity contribution in [2.75, 3.05) is 0 Å². The van der Waals surface area contributed by atoms with E-state index < -0.39 is 7.14 Å². The molecule has 3 nitrogen and oxygen atoms in total. The van der Waals surface area contributed by atoms with Gasteiger partial charge in [-0.1, -0.05) is 91.0 Å². The van der Waals surface area contributed by atoms with Gasteiger partial charge in [0.05, 0.1) is 10.6 Å². The second-order valence-corrected chi connectivity index (χ2v) is 9.95. The van der Waals surface area contributed by atoms with Crippen LogP contribution in [0.1, 0.15) is 0 Å². The van der Waals surface area contributed by atoms with Gasteiger partial charge in [0.25, 0.3) is 0 Å². The van der Waals surface area contributed by atoms with Gasteiger partial charge in [0.2, 0.25) is 0 Å². The number of benzene rings is 5. The zero-order valence-corrected chi connectivity index (χ0v) is 17.0. The summed E-state index contributed by atoms with van der Waals surface area (Å²) in [6.45, 7) is 0. The highest BCUT2D eigenvalue weighted by Gasteiger charge is 2.35. The van der Waals surface area contributed by atoms with Crippen molar-refractivity contribution in [1.82, 2.24) is 0 Å². The lowest BCUT2D eigenvalue weighted by Crippen LogP contribution is -2.25. The summed E-state index contributed by atoms with van der Waals surface area (Å²) in [6.07, 6.45) is 0. The van der Waals surface area contributed by atoms with E-state index in [1.54, 1.807) is 24.3 Å². The maximum absolute atomic E-state index is 14.8. The van der Waals surface area contributed by atoms with Crippen LogP contribution in [-0.2, 0) is 4.57 Å². The second-order valence-electron chi connectivity index (χ2n) is 7.25. The predicted molar refractivity (Wildman–Crippen MR) is 124 cm³/mol. The predicted octanol–water partition coefficient (Wildman–Crippen LogP) is 5.04. The first-order valence-electron chi connectivity index (χ1n) is 9.69. The molecule has 0 aliphatic carbocycles. The van der Waals surface area contributed by atoms with Crippen LogP contribution in [0.5, 0.6) is 11.5 Å². The average molecular weight is 410 g/mol. The van der Waals surface area contributed by atoms with E-state index >= 15 is 0 Å². The van der Waals surface area contributed by atoms with Crippen LogP contribution < -0.4 is 15.9 Å². The minimum atomic E-state index is -3.56. The molecular formula is C26H19O3P. The third kappa shape index (κ3) is 2.71. The first-order valence-corrected chi connectivity index (χ1v) is 11.4. The summed E-state index contributed by atoms with van der Waals surface area (Å²) in [6, 6.07) is 31.1. The number of rotatable bonds is 3. The Morgan fingerprint density at radius 2 is 0.933 bits per heavy atom. The molecule has 2 N–H and O–H groups in total. The maximum Gasteiger partial charge on any atom is 0.178 e. The smallest absolute Gasteiger partial charge is 0.178 e. The van der Waals surface area contributed by atoms with E-state index in [4.69, 9.17) is 0 Å². The van der Waals surface area contributed by atoms with Gasteiger partial charge < -0.3 is 14.8 Å². The third-order valence-electron chi connectivity index (χ3n) is 5.56. The van der Waals surface area contributed by atoms with Crippen LogP contribution in [0.3, 0.4) is 0 Å². The third-order valence-corrected chi connectivity index (χ3v) is 8.66. The molecule has 146 valence electrons. The molecule has 0 fully saturated rings. The molecule has 5 rings (SSSR count). The van der Waals surface area contributed by atoms with Crippen LogP contribution in [0.15, 0.2) is 103 Å². The number of phenols is 2. The van der Waals surface area contributed by atoms with Crippen LogP contribution in [0.2, 0.25) is 0 Å². The fourth-order valence-electron chi connectivity index (χ4n) is 4.04. The Hall–Kier alpha value is -3.55. The van der Waals surface area contributed by atoms with Crippen molar-refractivity contribution >= 4 is 44.6 Å². The largest absolute Gasteiger partial charge is 0.506 e. The number of phenolic OH excluding ortho intramolecular Hbond substituents is 2. The van der Waals surface area contributed by atoms with Gasteiger partial charge in [0.1, 0.15) is 11.5 Å². The van der Waals surface area contributed by atoms with Crippen molar-refractivity contribution in [3.05, 3.63) is 103 Å². The van der Waals surface area contributed by atoms with Crippen molar-refractivity contribution in [2.24, 2.45) is 0 Å². The van der Waals surface area contributed by atoms with Crippen LogP contribution >= 0.6 is 7.14 Å². The molecule has 4 heteroatoms. The lowest BCUT2D eigenvalue weighted by Gasteiger charge is -2.23. The molecule has 0 saturated carbocycles. The van der Waals surface area contributed by atoms with E-state index in [0.29, 0.717) is 26.7 Å². The van der Waals surface area contributed by atoms with E-state index in [1.807, 2.05) is 78.9 Å². The maximum atomic E-state index is 14.8. The standard InChI is InChI=1S/C26H19O3P/c27-25-21-12-6-4-8-18(21)14-16-23(25)30(29,20-10-2-1-3-11-20)24-17-15-19-9-5-7-13-22(19)26(24)28/h1-17,27-28H. The summed E-state index contributed by atoms with van der Waals surface area (Å²) >= 11 is 0. The van der Waals surface area contributed by atoms with Gasteiger partial charge in [-0.15, -0.1) is 0 Å². The van der Waals surface area contributed by atoms with Gasteiger partial charge >= 0.3 is 0 Å². The Morgan fingerprint density at radius 1 is 0.500 bits per heavy atom. The summed E-state index contributed by atoms with van der Waals surface area (Å²) in [7, 11) is -3.56. The lowest BCUT2D eigenvalue weighted by molar-refractivity contribution is 0.484. The molecule has 0 atom stereocenters. The molecule has 0 spiro atoms. The van der Waals surface area contributed by atoms with Crippen LogP contribution in [0.25, 0.3) is 21.5 Å². The van der Waals surface area contributed by atoms with Crippen LogP contribution in [-0.4, -0.2) is 10.2 Å². The monoisotopic (exact) mass is 410 g/mol. The molecule has 0 bridgehead atoms. The Balaban J connectivity index is 1.89. The van der Waals surface area contributed by atoms with Crippen LogP contribution in [0, 0.1) is 0 Å². The SMILES string of the molecule is O=P(c1ccccc1)(c1ccc2ccccc2c1O)c1ccc2ccccc2c1O. The summed E-state index contributed by atoms with van der Waals surface area (Å²) < 4.78 is 14.8. The van der Waals surface area contributed by atoms with Crippen molar-refractivity contribution in [1.29, 1.82) is 0 Å². The van der Waals surface area contributed by atoms with E-state index in [2.05, 4.69) is 0 Å². The molecule has 0 radical (unpaired) electrons. The number of aromatic hydroxyl groups is 2. The quantitative estimate of drug-likeness (QED) is 0.410. The fraction of sp³-hybridized carbons (Fsp3) is 0. The van der Waals surface area contributed by atoms with Gasteiger partial charge in [-0.25, -0.2) is 0 Å². The summed E-state index contributed by atoms with van der Waals surface area (Å²) in [5, 5.41) is 26.5. The minimum Gasteiger partial charge on any atom is -0.506 e. The fourth-order valence-corrected chi connectivity index (χ4v) is 6.86. The summed E-state index contributed by atoms with van der Waals surface area (Å²) in [5.74, 6) is -0.0410. The Morgan fingerprint density at radius 3 is 1.43 bits per heavy atom. The molecule has 0 amide bonds. The van der Waals surface area contributed by atoms with Gasteiger partial charge in [-0.2, -0.15) is 0 Å². The number of hydrogen-bond acceptors (Lipinski definition) is 3.